The van der Waals surface area contributed by atoms with Gasteiger partial charge in [-0.25, -0.2) is 9.37 Å². The monoisotopic (exact) mass is 398 g/mol. The fourth-order valence-electron chi connectivity index (χ4n) is 3.26. The second-order valence-corrected chi connectivity index (χ2v) is 6.88. The Morgan fingerprint density at radius 1 is 1.41 bits per heavy atom. The molecule has 1 aromatic carbocycles. The molecule has 2 aromatic rings. The van der Waals surface area contributed by atoms with E-state index in [0.29, 0.717) is 24.7 Å². The fourth-order valence-corrected chi connectivity index (χ4v) is 3.26. The van der Waals surface area contributed by atoms with Crippen molar-refractivity contribution in [2.75, 3.05) is 29.9 Å². The third-order valence-electron chi connectivity index (χ3n) is 4.64. The summed E-state index contributed by atoms with van der Waals surface area (Å²) in [5, 5.41) is 23.8. The fraction of sp³-hybridized carbons (Fsp3) is 0.400. The maximum absolute atomic E-state index is 13.6. The van der Waals surface area contributed by atoms with Gasteiger partial charge in [-0.2, -0.15) is 10.2 Å². The highest BCUT2D eigenvalue weighted by molar-refractivity contribution is 5.77. The molecule has 3 rings (SSSR count). The molecule has 152 valence electrons. The van der Waals surface area contributed by atoms with Crippen molar-refractivity contribution in [2.24, 2.45) is 0 Å². The molecule has 0 spiro atoms. The maximum atomic E-state index is 13.6. The molecule has 1 aliphatic heterocycles. The van der Waals surface area contributed by atoms with Gasteiger partial charge in [-0.15, -0.1) is 0 Å². The van der Waals surface area contributed by atoms with E-state index in [1.165, 1.54) is 18.2 Å². The number of aromatic nitrogens is 2. The number of aliphatic hydroxyl groups excluding tert-OH is 1. The number of amides is 1. The Labute approximate surface area is 168 Å². The van der Waals surface area contributed by atoms with Crippen LogP contribution in [0.15, 0.2) is 24.3 Å². The first-order chi connectivity index (χ1) is 14.0. The van der Waals surface area contributed by atoms with Crippen LogP contribution in [0.4, 0.5) is 21.8 Å². The van der Waals surface area contributed by atoms with Crippen molar-refractivity contribution in [1.29, 1.82) is 5.26 Å². The van der Waals surface area contributed by atoms with Crippen LogP contribution in [0.1, 0.15) is 31.0 Å². The molecule has 29 heavy (non-hydrogen) atoms. The van der Waals surface area contributed by atoms with Crippen LogP contribution in [0.3, 0.4) is 0 Å². The zero-order chi connectivity index (χ0) is 20.8. The summed E-state index contributed by atoms with van der Waals surface area (Å²) in [6.45, 7) is 2.84. The van der Waals surface area contributed by atoms with E-state index in [-0.39, 0.29) is 11.6 Å². The Morgan fingerprint density at radius 2 is 2.24 bits per heavy atom. The zero-order valence-electron chi connectivity index (χ0n) is 16.2. The lowest BCUT2D eigenvalue weighted by Crippen LogP contribution is -2.38. The topological polar surface area (TPSA) is 114 Å². The summed E-state index contributed by atoms with van der Waals surface area (Å²) < 4.78 is 13.6. The number of hydrogen-bond donors (Lipinski definition) is 3. The van der Waals surface area contributed by atoms with Gasteiger partial charge in [0.1, 0.15) is 24.3 Å². The molecule has 1 aromatic heterocycles. The average Bonchev–Trinajstić information content (AvgIpc) is 3.18. The van der Waals surface area contributed by atoms with E-state index in [4.69, 9.17) is 10.4 Å². The van der Waals surface area contributed by atoms with E-state index in [1.54, 1.807) is 0 Å². The van der Waals surface area contributed by atoms with Crippen molar-refractivity contribution in [3.05, 3.63) is 41.3 Å². The number of rotatable bonds is 7. The summed E-state index contributed by atoms with van der Waals surface area (Å²) in [6.07, 6.45) is 2.45. The number of benzene rings is 1. The zero-order valence-corrected chi connectivity index (χ0v) is 16.2. The van der Waals surface area contributed by atoms with Crippen LogP contribution in [-0.4, -0.2) is 46.7 Å². The van der Waals surface area contributed by atoms with Crippen molar-refractivity contribution >= 4 is 23.4 Å². The summed E-state index contributed by atoms with van der Waals surface area (Å²) in [5.41, 5.74) is 1.34. The molecular formula is C20H23FN6O2. The number of halogens is 1. The van der Waals surface area contributed by atoms with E-state index in [1.807, 2.05) is 12.1 Å². The summed E-state index contributed by atoms with van der Waals surface area (Å²) >= 11 is 0. The third kappa shape index (κ3) is 5.18. The van der Waals surface area contributed by atoms with Gasteiger partial charge in [0.05, 0.1) is 5.56 Å². The lowest BCUT2D eigenvalue weighted by atomic mass is 10.2. The number of anilines is 3. The molecule has 9 heteroatoms. The molecule has 0 aliphatic carbocycles. The van der Waals surface area contributed by atoms with Crippen LogP contribution in [0.5, 0.6) is 0 Å². The number of carbonyl (C=O) groups is 1. The van der Waals surface area contributed by atoms with Crippen molar-refractivity contribution in [3.63, 3.8) is 0 Å². The smallest absolute Gasteiger partial charge is 0.245 e. The number of carbonyl (C=O) groups excluding carboxylic acids is 1. The molecule has 8 nitrogen and oxygen atoms in total. The lowest BCUT2D eigenvalue weighted by Gasteiger charge is -2.19. The largest absolute Gasteiger partial charge is 0.387 e. The first-order valence-electron chi connectivity index (χ1n) is 9.52. The number of nitrogens with zero attached hydrogens (tertiary/aromatic N) is 4. The average molecular weight is 398 g/mol. The van der Waals surface area contributed by atoms with Gasteiger partial charge in [-0.05, 0) is 31.0 Å². The van der Waals surface area contributed by atoms with Crippen LogP contribution in [0.25, 0.3) is 0 Å². The maximum Gasteiger partial charge on any atom is 0.245 e. The predicted octanol–water partition coefficient (Wildman–Crippen LogP) is 1.87. The van der Waals surface area contributed by atoms with E-state index < -0.39 is 18.3 Å². The quantitative estimate of drug-likeness (QED) is 0.652. The minimum atomic E-state index is -0.576. The second kappa shape index (κ2) is 9.30. The van der Waals surface area contributed by atoms with E-state index in [9.17, 15) is 9.18 Å². The highest BCUT2D eigenvalue weighted by Gasteiger charge is 2.25. The van der Waals surface area contributed by atoms with Gasteiger partial charge in [0.25, 0.3) is 0 Å². The summed E-state index contributed by atoms with van der Waals surface area (Å²) in [4.78, 5) is 22.6. The minimum Gasteiger partial charge on any atom is -0.387 e. The van der Waals surface area contributed by atoms with Crippen molar-refractivity contribution < 1.29 is 14.3 Å². The predicted molar refractivity (Wildman–Crippen MR) is 106 cm³/mol. The van der Waals surface area contributed by atoms with Crippen LogP contribution in [0, 0.1) is 17.1 Å². The molecule has 3 N–H and O–H groups in total. The minimum absolute atomic E-state index is 0.0501. The van der Waals surface area contributed by atoms with Gasteiger partial charge < -0.3 is 20.6 Å². The van der Waals surface area contributed by atoms with Gasteiger partial charge in [0, 0.05) is 36.6 Å². The Morgan fingerprint density at radius 3 is 2.97 bits per heavy atom. The normalized spacial score (nSPS) is 15.8. The third-order valence-corrected chi connectivity index (χ3v) is 4.64. The van der Waals surface area contributed by atoms with Gasteiger partial charge in [-0.1, -0.05) is 13.3 Å². The SMILES string of the molecule is CCCc1cc(N2CCC(NC(=O)CO)C2)nc(Nc2ccc(F)c(C#N)c2)n1. The molecular weight excluding hydrogens is 375 g/mol. The van der Waals surface area contributed by atoms with Crippen LogP contribution < -0.4 is 15.5 Å². The van der Waals surface area contributed by atoms with Gasteiger partial charge >= 0.3 is 0 Å². The molecule has 0 saturated carbocycles. The Kier molecular flexibility index (Phi) is 6.57. The van der Waals surface area contributed by atoms with Crippen molar-refractivity contribution in [2.45, 2.75) is 32.2 Å². The molecule has 1 aliphatic rings. The van der Waals surface area contributed by atoms with Crippen molar-refractivity contribution in [1.82, 2.24) is 15.3 Å². The standard InChI is InChI=1S/C20H23FN6O2/c1-2-3-14-9-18(27-7-6-16(11-27)23-19(29)12-28)26-20(24-14)25-15-4-5-17(21)13(8-15)10-22/h4-5,8-9,16,28H,2-3,6-7,11-12H2,1H3,(H,23,29)(H,24,25,26). The first-order valence-corrected chi connectivity index (χ1v) is 9.52. The van der Waals surface area contributed by atoms with Gasteiger partial charge in [0.15, 0.2) is 0 Å². The molecule has 1 atom stereocenters. The van der Waals surface area contributed by atoms with Crippen LogP contribution >= 0.6 is 0 Å². The molecule has 1 fully saturated rings. The number of nitriles is 1. The molecule has 1 amide bonds. The first kappa shape index (κ1) is 20.5. The molecule has 1 unspecified atom stereocenters. The number of aliphatic hydroxyl groups is 1. The number of nitrogens with one attached hydrogen (secondary N) is 2. The van der Waals surface area contributed by atoms with Crippen molar-refractivity contribution in [3.8, 4) is 6.07 Å². The Bertz CT molecular complexity index is 930. The summed E-state index contributed by atoms with van der Waals surface area (Å²) in [6, 6.07) is 7.87. The highest BCUT2D eigenvalue weighted by atomic mass is 19.1. The Balaban J connectivity index is 1.81. The molecule has 2 heterocycles. The van der Waals surface area contributed by atoms with E-state index >= 15 is 0 Å². The summed E-state index contributed by atoms with van der Waals surface area (Å²) in [5.74, 6) is 0.129. The van der Waals surface area contributed by atoms with Gasteiger partial charge in [0.2, 0.25) is 11.9 Å². The van der Waals surface area contributed by atoms with Gasteiger partial charge in [-0.3, -0.25) is 4.79 Å². The summed E-state index contributed by atoms with van der Waals surface area (Å²) in [7, 11) is 0. The lowest BCUT2D eigenvalue weighted by molar-refractivity contribution is -0.124. The second-order valence-electron chi connectivity index (χ2n) is 6.88. The number of aryl methyl sites for hydroxylation is 1. The van der Waals surface area contributed by atoms with E-state index in [2.05, 4.69) is 32.4 Å². The Hall–Kier alpha value is -3.25. The number of hydrogen-bond acceptors (Lipinski definition) is 7. The molecule has 0 bridgehead atoms. The van der Waals surface area contributed by atoms with Crippen LogP contribution in [-0.2, 0) is 11.2 Å². The highest BCUT2D eigenvalue weighted by Crippen LogP contribution is 2.23. The van der Waals surface area contributed by atoms with E-state index in [0.717, 1.165) is 30.8 Å². The molecule has 0 radical (unpaired) electrons. The molecule has 1 saturated heterocycles. The van der Waals surface area contributed by atoms with Crippen LogP contribution in [0.2, 0.25) is 0 Å².